The lowest BCUT2D eigenvalue weighted by molar-refractivity contribution is 0.0790. The second-order valence-electron chi connectivity index (χ2n) is 6.09. The number of anilines is 2. The van der Waals surface area contributed by atoms with E-state index in [1.165, 1.54) is 6.33 Å². The van der Waals surface area contributed by atoms with Gasteiger partial charge in [0.15, 0.2) is 0 Å². The van der Waals surface area contributed by atoms with Crippen molar-refractivity contribution in [1.82, 2.24) is 19.9 Å². The first kappa shape index (κ1) is 19.6. The molecule has 0 aliphatic carbocycles. The summed E-state index contributed by atoms with van der Waals surface area (Å²) in [7, 11) is 3.31. The zero-order valence-corrected chi connectivity index (χ0v) is 16.3. The van der Waals surface area contributed by atoms with E-state index in [-0.39, 0.29) is 5.91 Å². The highest BCUT2D eigenvalue weighted by Crippen LogP contribution is 2.28. The number of amides is 1. The summed E-state index contributed by atoms with van der Waals surface area (Å²) >= 11 is 6.14. The molecule has 28 heavy (non-hydrogen) atoms. The Kier molecular flexibility index (Phi) is 6.39. The number of halogens is 1. The zero-order chi connectivity index (χ0) is 19.9. The Balaban J connectivity index is 1.66. The number of carbonyl (C=O) groups is 1. The van der Waals surface area contributed by atoms with Crippen molar-refractivity contribution in [2.75, 3.05) is 26.0 Å². The van der Waals surface area contributed by atoms with Gasteiger partial charge in [0.25, 0.3) is 5.91 Å². The SMILES string of the molecule is COc1ccc(Nc2cc(C(=O)N(C)CCc3ccncc3)ncn2)cc1Cl. The average Bonchev–Trinajstić information content (AvgIpc) is 2.72. The molecule has 8 heteroatoms. The fourth-order valence-corrected chi connectivity index (χ4v) is 2.84. The predicted octanol–water partition coefficient (Wildman–Crippen LogP) is 3.59. The number of ether oxygens (including phenoxy) is 1. The molecule has 7 nitrogen and oxygen atoms in total. The van der Waals surface area contributed by atoms with Gasteiger partial charge >= 0.3 is 0 Å². The Labute approximate surface area is 168 Å². The van der Waals surface area contributed by atoms with Gasteiger partial charge in [0, 0.05) is 37.7 Å². The van der Waals surface area contributed by atoms with Gasteiger partial charge in [-0.1, -0.05) is 11.6 Å². The van der Waals surface area contributed by atoms with Gasteiger partial charge in [0.1, 0.15) is 23.6 Å². The molecular weight excluding hydrogens is 378 g/mol. The van der Waals surface area contributed by atoms with Gasteiger partial charge in [-0.25, -0.2) is 9.97 Å². The number of methoxy groups -OCH3 is 1. The molecule has 2 heterocycles. The third-order valence-corrected chi connectivity index (χ3v) is 4.44. The number of aromatic nitrogens is 3. The van der Waals surface area contributed by atoms with Gasteiger partial charge in [-0.05, 0) is 42.3 Å². The maximum absolute atomic E-state index is 12.7. The maximum atomic E-state index is 12.7. The fourth-order valence-electron chi connectivity index (χ4n) is 2.58. The summed E-state index contributed by atoms with van der Waals surface area (Å²) in [5.41, 5.74) is 2.17. The summed E-state index contributed by atoms with van der Waals surface area (Å²) < 4.78 is 5.14. The monoisotopic (exact) mass is 397 g/mol. The van der Waals surface area contributed by atoms with Crippen molar-refractivity contribution in [3.8, 4) is 5.75 Å². The van der Waals surface area contributed by atoms with Crippen LogP contribution in [0.5, 0.6) is 5.75 Å². The summed E-state index contributed by atoms with van der Waals surface area (Å²) in [4.78, 5) is 26.6. The summed E-state index contributed by atoms with van der Waals surface area (Å²) in [5.74, 6) is 0.913. The molecule has 3 aromatic rings. The standard InChI is InChI=1S/C20H20ClN5O2/c1-26(10-7-14-5-8-22-9-6-14)20(27)17-12-19(24-13-23-17)25-15-3-4-18(28-2)16(21)11-15/h3-6,8-9,11-13H,7,10H2,1-2H3,(H,23,24,25). The van der Waals surface area contributed by atoms with Crippen LogP contribution in [0.25, 0.3) is 0 Å². The van der Waals surface area contributed by atoms with Crippen molar-refractivity contribution < 1.29 is 9.53 Å². The Morgan fingerprint density at radius 1 is 1.18 bits per heavy atom. The molecule has 1 N–H and O–H groups in total. The van der Waals surface area contributed by atoms with Crippen molar-refractivity contribution >= 4 is 29.0 Å². The Morgan fingerprint density at radius 2 is 1.96 bits per heavy atom. The molecule has 0 bridgehead atoms. The van der Waals surface area contributed by atoms with Gasteiger partial charge < -0.3 is 15.0 Å². The maximum Gasteiger partial charge on any atom is 0.272 e. The summed E-state index contributed by atoms with van der Waals surface area (Å²) in [6, 6.07) is 10.8. The molecule has 0 fully saturated rings. The van der Waals surface area contributed by atoms with Gasteiger partial charge in [0.05, 0.1) is 12.1 Å². The molecule has 3 rings (SSSR count). The highest BCUT2D eigenvalue weighted by atomic mass is 35.5. The van der Waals surface area contributed by atoms with Gasteiger partial charge in [-0.15, -0.1) is 0 Å². The van der Waals surface area contributed by atoms with Gasteiger partial charge in [-0.3, -0.25) is 9.78 Å². The number of nitrogens with zero attached hydrogens (tertiary/aromatic N) is 4. The topological polar surface area (TPSA) is 80.2 Å². The molecule has 1 amide bonds. The van der Waals surface area contributed by atoms with Crippen LogP contribution in [0.3, 0.4) is 0 Å². The van der Waals surface area contributed by atoms with E-state index in [1.54, 1.807) is 49.7 Å². The van der Waals surface area contributed by atoms with E-state index in [1.807, 2.05) is 18.2 Å². The number of hydrogen-bond donors (Lipinski definition) is 1. The van der Waals surface area contributed by atoms with Crippen LogP contribution in [0.2, 0.25) is 5.02 Å². The summed E-state index contributed by atoms with van der Waals surface area (Å²) in [5, 5.41) is 3.60. The normalized spacial score (nSPS) is 10.4. The minimum atomic E-state index is -0.174. The smallest absolute Gasteiger partial charge is 0.272 e. The first-order valence-corrected chi connectivity index (χ1v) is 9.01. The minimum Gasteiger partial charge on any atom is -0.495 e. The van der Waals surface area contributed by atoms with Crippen molar-refractivity contribution in [1.29, 1.82) is 0 Å². The molecule has 0 unspecified atom stereocenters. The molecule has 144 valence electrons. The molecule has 1 aromatic carbocycles. The Hall–Kier alpha value is -3.19. The van der Waals surface area contributed by atoms with Crippen molar-refractivity contribution in [3.05, 3.63) is 71.4 Å². The van der Waals surface area contributed by atoms with E-state index in [9.17, 15) is 4.79 Å². The predicted molar refractivity (Wildman–Crippen MR) is 108 cm³/mol. The highest BCUT2D eigenvalue weighted by molar-refractivity contribution is 6.32. The number of hydrogen-bond acceptors (Lipinski definition) is 6. The van der Waals surface area contributed by atoms with Crippen LogP contribution in [0.15, 0.2) is 55.1 Å². The number of carbonyl (C=O) groups excluding carboxylic acids is 1. The fraction of sp³-hybridized carbons (Fsp3) is 0.200. The summed E-state index contributed by atoms with van der Waals surface area (Å²) in [6.45, 7) is 0.573. The number of pyridine rings is 1. The number of rotatable bonds is 7. The second kappa shape index (κ2) is 9.14. The largest absolute Gasteiger partial charge is 0.495 e. The van der Waals surface area contributed by atoms with E-state index < -0.39 is 0 Å². The van der Waals surface area contributed by atoms with Crippen molar-refractivity contribution in [3.63, 3.8) is 0 Å². The van der Waals surface area contributed by atoms with Crippen LogP contribution in [0.1, 0.15) is 16.1 Å². The molecule has 0 saturated heterocycles. The van der Waals surface area contributed by atoms with E-state index in [2.05, 4.69) is 20.3 Å². The first-order valence-electron chi connectivity index (χ1n) is 8.64. The zero-order valence-electron chi connectivity index (χ0n) is 15.6. The second-order valence-corrected chi connectivity index (χ2v) is 6.50. The third kappa shape index (κ3) is 4.95. The Bertz CT molecular complexity index is 952. The Morgan fingerprint density at radius 3 is 2.68 bits per heavy atom. The molecule has 0 radical (unpaired) electrons. The lowest BCUT2D eigenvalue weighted by Crippen LogP contribution is -2.29. The van der Waals surface area contributed by atoms with Crippen LogP contribution < -0.4 is 10.1 Å². The molecule has 0 spiro atoms. The number of likely N-dealkylation sites (N-methyl/N-ethyl adjacent to an activating group) is 1. The van der Waals surface area contributed by atoms with Crippen LogP contribution >= 0.6 is 11.6 Å². The molecule has 2 aromatic heterocycles. The van der Waals surface area contributed by atoms with Crippen LogP contribution in [-0.4, -0.2) is 46.5 Å². The van der Waals surface area contributed by atoms with Crippen LogP contribution in [-0.2, 0) is 6.42 Å². The average molecular weight is 398 g/mol. The van der Waals surface area contributed by atoms with Crippen LogP contribution in [0, 0.1) is 0 Å². The molecule has 0 atom stereocenters. The molecular formula is C20H20ClN5O2. The minimum absolute atomic E-state index is 0.174. The molecule has 0 saturated carbocycles. The number of benzene rings is 1. The lowest BCUT2D eigenvalue weighted by atomic mass is 10.2. The van der Waals surface area contributed by atoms with E-state index in [4.69, 9.17) is 16.3 Å². The van der Waals surface area contributed by atoms with E-state index in [0.717, 1.165) is 17.7 Å². The quantitative estimate of drug-likeness (QED) is 0.656. The van der Waals surface area contributed by atoms with Crippen molar-refractivity contribution in [2.24, 2.45) is 0 Å². The summed E-state index contributed by atoms with van der Waals surface area (Å²) in [6.07, 6.45) is 5.58. The molecule has 0 aliphatic heterocycles. The third-order valence-electron chi connectivity index (χ3n) is 4.14. The highest BCUT2D eigenvalue weighted by Gasteiger charge is 2.14. The molecule has 0 aliphatic rings. The van der Waals surface area contributed by atoms with Crippen LogP contribution in [0.4, 0.5) is 11.5 Å². The first-order chi connectivity index (χ1) is 13.6. The van der Waals surface area contributed by atoms with Gasteiger partial charge in [0.2, 0.25) is 0 Å². The van der Waals surface area contributed by atoms with E-state index >= 15 is 0 Å². The van der Waals surface area contributed by atoms with Gasteiger partial charge in [-0.2, -0.15) is 0 Å². The van der Waals surface area contributed by atoms with E-state index in [0.29, 0.717) is 28.8 Å². The lowest BCUT2D eigenvalue weighted by Gasteiger charge is -2.17. The van der Waals surface area contributed by atoms with Crippen molar-refractivity contribution in [2.45, 2.75) is 6.42 Å². The number of nitrogens with one attached hydrogen (secondary N) is 1.